The molecule has 0 atom stereocenters. The standard InChI is InChI=1S/C14H22N4O3/c1-10(2)7-17(9-14(15)19)8-11-6-12(18(20)21)4-5-13(11)16-3/h4-6,10,16H,7-9H2,1-3H3,(H2,15,19). The zero-order valence-corrected chi connectivity index (χ0v) is 12.6. The van der Waals surface area contributed by atoms with Crippen molar-refractivity contribution in [2.45, 2.75) is 20.4 Å². The van der Waals surface area contributed by atoms with Gasteiger partial charge in [0.25, 0.3) is 5.69 Å². The van der Waals surface area contributed by atoms with Gasteiger partial charge in [0.1, 0.15) is 0 Å². The molecule has 0 bridgehead atoms. The molecule has 3 N–H and O–H groups in total. The van der Waals surface area contributed by atoms with Gasteiger partial charge in [0.15, 0.2) is 0 Å². The lowest BCUT2D eigenvalue weighted by atomic mass is 10.1. The van der Waals surface area contributed by atoms with Gasteiger partial charge in [-0.05, 0) is 17.5 Å². The maximum absolute atomic E-state index is 11.2. The van der Waals surface area contributed by atoms with Crippen LogP contribution in [0.4, 0.5) is 11.4 Å². The predicted octanol–water partition coefficient (Wildman–Crippen LogP) is 1.58. The van der Waals surface area contributed by atoms with E-state index in [-0.39, 0.29) is 12.2 Å². The van der Waals surface area contributed by atoms with Crippen LogP contribution in [-0.4, -0.2) is 35.9 Å². The van der Waals surface area contributed by atoms with Gasteiger partial charge in [0.05, 0.1) is 11.5 Å². The zero-order valence-electron chi connectivity index (χ0n) is 12.6. The molecule has 1 aromatic carbocycles. The van der Waals surface area contributed by atoms with Gasteiger partial charge in [-0.15, -0.1) is 0 Å². The van der Waals surface area contributed by atoms with Crippen LogP contribution in [0.5, 0.6) is 0 Å². The van der Waals surface area contributed by atoms with Crippen molar-refractivity contribution in [1.82, 2.24) is 4.90 Å². The number of carbonyl (C=O) groups excluding carboxylic acids is 1. The second-order valence-corrected chi connectivity index (χ2v) is 5.38. The molecule has 1 rings (SSSR count). The summed E-state index contributed by atoms with van der Waals surface area (Å²) in [5.74, 6) is -0.0480. The number of non-ortho nitro benzene ring substituents is 1. The number of nitrogens with zero attached hydrogens (tertiary/aromatic N) is 2. The van der Waals surface area contributed by atoms with E-state index >= 15 is 0 Å². The first-order valence-corrected chi connectivity index (χ1v) is 6.79. The van der Waals surface area contributed by atoms with Gasteiger partial charge in [-0.1, -0.05) is 13.8 Å². The van der Waals surface area contributed by atoms with E-state index in [9.17, 15) is 14.9 Å². The summed E-state index contributed by atoms with van der Waals surface area (Å²) in [4.78, 5) is 23.5. The average Bonchev–Trinajstić information content (AvgIpc) is 2.36. The van der Waals surface area contributed by atoms with E-state index in [1.807, 2.05) is 18.7 Å². The molecular formula is C14H22N4O3. The number of nitro benzene ring substituents is 1. The number of rotatable bonds is 8. The largest absolute Gasteiger partial charge is 0.388 e. The molecule has 0 heterocycles. The molecule has 0 spiro atoms. The van der Waals surface area contributed by atoms with Crippen LogP contribution in [-0.2, 0) is 11.3 Å². The molecule has 0 saturated carbocycles. The average molecular weight is 294 g/mol. The van der Waals surface area contributed by atoms with Gasteiger partial charge < -0.3 is 11.1 Å². The highest BCUT2D eigenvalue weighted by Gasteiger charge is 2.16. The van der Waals surface area contributed by atoms with E-state index in [1.54, 1.807) is 13.1 Å². The highest BCUT2D eigenvalue weighted by atomic mass is 16.6. The Labute approximate surface area is 124 Å². The first kappa shape index (κ1) is 16.9. The summed E-state index contributed by atoms with van der Waals surface area (Å²) < 4.78 is 0. The molecule has 21 heavy (non-hydrogen) atoms. The summed E-state index contributed by atoms with van der Waals surface area (Å²) in [5.41, 5.74) is 6.88. The summed E-state index contributed by atoms with van der Waals surface area (Å²) in [6, 6.07) is 4.65. The monoisotopic (exact) mass is 294 g/mol. The zero-order chi connectivity index (χ0) is 16.0. The third-order valence-corrected chi connectivity index (χ3v) is 2.97. The van der Waals surface area contributed by atoms with Crippen molar-refractivity contribution >= 4 is 17.3 Å². The first-order valence-electron chi connectivity index (χ1n) is 6.79. The molecule has 116 valence electrons. The Morgan fingerprint density at radius 2 is 2.14 bits per heavy atom. The fourth-order valence-corrected chi connectivity index (χ4v) is 2.23. The molecule has 0 fully saturated rings. The van der Waals surface area contributed by atoms with Crippen LogP contribution in [0.3, 0.4) is 0 Å². The smallest absolute Gasteiger partial charge is 0.269 e. The lowest BCUT2D eigenvalue weighted by Gasteiger charge is -2.24. The molecule has 0 aliphatic heterocycles. The topological polar surface area (TPSA) is 102 Å². The van der Waals surface area contributed by atoms with Crippen molar-refractivity contribution in [2.24, 2.45) is 11.7 Å². The van der Waals surface area contributed by atoms with E-state index < -0.39 is 10.8 Å². The normalized spacial score (nSPS) is 10.9. The van der Waals surface area contributed by atoms with Crippen molar-refractivity contribution in [2.75, 3.05) is 25.5 Å². The number of amides is 1. The number of nitrogens with two attached hydrogens (primary N) is 1. The number of benzene rings is 1. The number of anilines is 1. The van der Waals surface area contributed by atoms with E-state index in [4.69, 9.17) is 5.73 Å². The fraction of sp³-hybridized carbons (Fsp3) is 0.500. The number of nitrogens with one attached hydrogen (secondary N) is 1. The molecular weight excluding hydrogens is 272 g/mol. The van der Waals surface area contributed by atoms with Crippen LogP contribution in [0.15, 0.2) is 18.2 Å². The lowest BCUT2D eigenvalue weighted by Crippen LogP contribution is -2.35. The quantitative estimate of drug-likeness (QED) is 0.560. The van der Waals surface area contributed by atoms with E-state index in [0.717, 1.165) is 11.3 Å². The number of carbonyl (C=O) groups is 1. The molecule has 7 heteroatoms. The Morgan fingerprint density at radius 3 is 2.62 bits per heavy atom. The molecule has 7 nitrogen and oxygen atoms in total. The second-order valence-electron chi connectivity index (χ2n) is 5.38. The van der Waals surface area contributed by atoms with Crippen molar-refractivity contribution in [1.29, 1.82) is 0 Å². The molecule has 0 aromatic heterocycles. The van der Waals surface area contributed by atoms with E-state index in [1.165, 1.54) is 12.1 Å². The Kier molecular flexibility index (Phi) is 6.10. The summed E-state index contributed by atoms with van der Waals surface area (Å²) >= 11 is 0. The summed E-state index contributed by atoms with van der Waals surface area (Å²) in [6.07, 6.45) is 0. The summed E-state index contributed by atoms with van der Waals surface area (Å²) in [5, 5.41) is 13.9. The second kappa shape index (κ2) is 7.58. The number of hydrogen-bond donors (Lipinski definition) is 2. The van der Waals surface area contributed by atoms with Gasteiger partial charge in [-0.25, -0.2) is 0 Å². The van der Waals surface area contributed by atoms with Gasteiger partial charge in [-0.3, -0.25) is 19.8 Å². The van der Waals surface area contributed by atoms with Crippen LogP contribution in [0.2, 0.25) is 0 Å². The van der Waals surface area contributed by atoms with Gasteiger partial charge >= 0.3 is 0 Å². The van der Waals surface area contributed by atoms with Crippen molar-refractivity contribution in [3.8, 4) is 0 Å². The lowest BCUT2D eigenvalue weighted by molar-refractivity contribution is -0.384. The minimum Gasteiger partial charge on any atom is -0.388 e. The number of primary amides is 1. The highest BCUT2D eigenvalue weighted by molar-refractivity contribution is 5.76. The van der Waals surface area contributed by atoms with Crippen LogP contribution in [0, 0.1) is 16.0 Å². The van der Waals surface area contributed by atoms with E-state index in [0.29, 0.717) is 19.0 Å². The van der Waals surface area contributed by atoms with E-state index in [2.05, 4.69) is 5.32 Å². The van der Waals surface area contributed by atoms with Crippen molar-refractivity contribution < 1.29 is 9.72 Å². The third kappa shape index (κ3) is 5.39. The van der Waals surface area contributed by atoms with Gasteiger partial charge in [0, 0.05) is 38.0 Å². The van der Waals surface area contributed by atoms with Crippen LogP contribution < -0.4 is 11.1 Å². The molecule has 0 radical (unpaired) electrons. The number of nitro groups is 1. The summed E-state index contributed by atoms with van der Waals surface area (Å²) in [6.45, 7) is 5.33. The predicted molar refractivity (Wildman–Crippen MR) is 82.0 cm³/mol. The molecule has 0 saturated heterocycles. The van der Waals surface area contributed by atoms with Crippen LogP contribution in [0.25, 0.3) is 0 Å². The minimum absolute atomic E-state index is 0.0348. The Hall–Kier alpha value is -2.15. The molecule has 1 aromatic rings. The Balaban J connectivity index is 3.02. The van der Waals surface area contributed by atoms with Crippen molar-refractivity contribution in [3.05, 3.63) is 33.9 Å². The van der Waals surface area contributed by atoms with Crippen molar-refractivity contribution in [3.63, 3.8) is 0 Å². The summed E-state index contributed by atoms with van der Waals surface area (Å²) in [7, 11) is 1.76. The molecule has 1 amide bonds. The van der Waals surface area contributed by atoms with Crippen LogP contribution >= 0.6 is 0 Å². The molecule has 0 aliphatic rings. The fourth-order valence-electron chi connectivity index (χ4n) is 2.23. The highest BCUT2D eigenvalue weighted by Crippen LogP contribution is 2.23. The minimum atomic E-state index is -0.427. The Bertz CT molecular complexity index is 517. The van der Waals surface area contributed by atoms with Gasteiger partial charge in [-0.2, -0.15) is 0 Å². The molecule has 0 unspecified atom stereocenters. The molecule has 0 aliphatic carbocycles. The number of hydrogen-bond acceptors (Lipinski definition) is 5. The van der Waals surface area contributed by atoms with Crippen LogP contribution in [0.1, 0.15) is 19.4 Å². The van der Waals surface area contributed by atoms with Gasteiger partial charge in [0.2, 0.25) is 5.91 Å². The third-order valence-electron chi connectivity index (χ3n) is 2.97. The maximum atomic E-state index is 11.2. The first-order chi connectivity index (χ1) is 9.83. The Morgan fingerprint density at radius 1 is 1.48 bits per heavy atom. The maximum Gasteiger partial charge on any atom is 0.269 e. The SMILES string of the molecule is CNc1ccc([N+](=O)[O-])cc1CN(CC(N)=O)CC(C)C.